The van der Waals surface area contributed by atoms with E-state index < -0.39 is 0 Å². The van der Waals surface area contributed by atoms with Crippen LogP contribution in [0.3, 0.4) is 0 Å². The van der Waals surface area contributed by atoms with Gasteiger partial charge in [-0.3, -0.25) is 4.68 Å². The van der Waals surface area contributed by atoms with Gasteiger partial charge in [-0.2, -0.15) is 5.10 Å². The zero-order chi connectivity index (χ0) is 15.2. The highest BCUT2D eigenvalue weighted by Crippen LogP contribution is 2.51. The Morgan fingerprint density at radius 2 is 2.05 bits per heavy atom. The average molecular weight is 309 g/mol. The van der Waals surface area contributed by atoms with E-state index >= 15 is 0 Å². The lowest BCUT2D eigenvalue weighted by molar-refractivity contribution is 0.384. The molecule has 1 aliphatic carbocycles. The van der Waals surface area contributed by atoms with Crippen LogP contribution in [0.5, 0.6) is 0 Å². The number of imidazole rings is 1. The Morgan fingerprint density at radius 1 is 1.33 bits per heavy atom. The van der Waals surface area contributed by atoms with Crippen molar-refractivity contribution in [3.05, 3.63) is 11.5 Å². The molecule has 4 nitrogen and oxygen atoms in total. The summed E-state index contributed by atoms with van der Waals surface area (Å²) in [5.41, 5.74) is 3.72. The van der Waals surface area contributed by atoms with Crippen LogP contribution in [0, 0.1) is 5.41 Å². The van der Waals surface area contributed by atoms with Gasteiger partial charge in [0.15, 0.2) is 5.65 Å². The SMILES string of the molecule is CCCC1(Cn2c(C(C)Cl)nc3c(CC)nn(C)c32)CC1. The molecule has 21 heavy (non-hydrogen) atoms. The molecule has 3 rings (SSSR count). The second kappa shape index (κ2) is 5.31. The topological polar surface area (TPSA) is 35.6 Å². The minimum absolute atomic E-state index is 0.0699. The molecule has 5 heteroatoms. The highest BCUT2D eigenvalue weighted by atomic mass is 35.5. The van der Waals surface area contributed by atoms with Crippen LogP contribution in [0.4, 0.5) is 0 Å². The van der Waals surface area contributed by atoms with Crippen molar-refractivity contribution in [2.45, 2.75) is 64.8 Å². The van der Waals surface area contributed by atoms with Crippen LogP contribution in [0.25, 0.3) is 11.2 Å². The summed E-state index contributed by atoms with van der Waals surface area (Å²) in [7, 11) is 2.02. The monoisotopic (exact) mass is 308 g/mol. The normalized spacial score (nSPS) is 18.3. The van der Waals surface area contributed by atoms with E-state index in [2.05, 4.69) is 23.5 Å². The number of aromatic nitrogens is 4. The molecule has 0 amide bonds. The summed E-state index contributed by atoms with van der Waals surface area (Å²) in [5.74, 6) is 0.997. The Kier molecular flexibility index (Phi) is 3.76. The molecule has 1 saturated carbocycles. The number of alkyl halides is 1. The van der Waals surface area contributed by atoms with Crippen molar-refractivity contribution in [2.24, 2.45) is 12.5 Å². The third-order valence-electron chi connectivity index (χ3n) is 4.74. The average Bonchev–Trinajstić information content (AvgIpc) is 2.96. The first-order valence-electron chi connectivity index (χ1n) is 8.07. The predicted octanol–water partition coefficient (Wildman–Crippen LogP) is 4.21. The van der Waals surface area contributed by atoms with Crippen molar-refractivity contribution in [1.82, 2.24) is 19.3 Å². The van der Waals surface area contributed by atoms with E-state index in [1.807, 2.05) is 18.7 Å². The Hall–Kier alpha value is -1.03. The van der Waals surface area contributed by atoms with Crippen LogP contribution in [0.1, 0.15) is 63.3 Å². The van der Waals surface area contributed by atoms with Crippen LogP contribution in [0.15, 0.2) is 0 Å². The van der Waals surface area contributed by atoms with Crippen molar-refractivity contribution >= 4 is 22.8 Å². The van der Waals surface area contributed by atoms with E-state index in [9.17, 15) is 0 Å². The number of halogens is 1. The number of rotatable bonds is 6. The second-order valence-electron chi connectivity index (χ2n) is 6.52. The fourth-order valence-electron chi connectivity index (χ4n) is 3.49. The Labute approximate surface area is 131 Å². The summed E-state index contributed by atoms with van der Waals surface area (Å²) in [5, 5.41) is 4.55. The zero-order valence-corrected chi connectivity index (χ0v) is 14.2. The lowest BCUT2D eigenvalue weighted by Gasteiger charge is -2.18. The number of fused-ring (bicyclic) bond motifs is 1. The van der Waals surface area contributed by atoms with Crippen LogP contribution in [-0.2, 0) is 20.0 Å². The maximum Gasteiger partial charge on any atom is 0.158 e. The van der Waals surface area contributed by atoms with Gasteiger partial charge in [0.25, 0.3) is 0 Å². The van der Waals surface area contributed by atoms with Crippen LogP contribution in [-0.4, -0.2) is 19.3 Å². The highest BCUT2D eigenvalue weighted by Gasteiger charge is 2.43. The third-order valence-corrected chi connectivity index (χ3v) is 4.94. The molecule has 116 valence electrons. The van der Waals surface area contributed by atoms with Crippen molar-refractivity contribution in [2.75, 3.05) is 0 Å². The maximum atomic E-state index is 6.40. The molecule has 1 atom stereocenters. The quantitative estimate of drug-likeness (QED) is 0.749. The fraction of sp³-hybridized carbons (Fsp3) is 0.750. The van der Waals surface area contributed by atoms with E-state index in [0.29, 0.717) is 5.41 Å². The number of aryl methyl sites for hydroxylation is 2. The van der Waals surface area contributed by atoms with Gasteiger partial charge in [0, 0.05) is 13.6 Å². The van der Waals surface area contributed by atoms with Crippen molar-refractivity contribution in [1.29, 1.82) is 0 Å². The van der Waals surface area contributed by atoms with Crippen LogP contribution >= 0.6 is 11.6 Å². The van der Waals surface area contributed by atoms with E-state index in [-0.39, 0.29) is 5.38 Å². The predicted molar refractivity (Wildman–Crippen MR) is 86.7 cm³/mol. The minimum Gasteiger partial charge on any atom is -0.311 e. The summed E-state index contributed by atoms with van der Waals surface area (Å²) in [4.78, 5) is 4.82. The lowest BCUT2D eigenvalue weighted by Crippen LogP contribution is -2.16. The van der Waals surface area contributed by atoms with Gasteiger partial charge in [-0.25, -0.2) is 4.98 Å². The third kappa shape index (κ3) is 2.48. The number of hydrogen-bond acceptors (Lipinski definition) is 2. The summed E-state index contributed by atoms with van der Waals surface area (Å²) in [6.07, 6.45) is 6.10. The van der Waals surface area contributed by atoms with Crippen LogP contribution in [0.2, 0.25) is 0 Å². The van der Waals surface area contributed by atoms with E-state index in [1.54, 1.807) is 0 Å². The van der Waals surface area contributed by atoms with E-state index in [4.69, 9.17) is 16.6 Å². The smallest absolute Gasteiger partial charge is 0.158 e. The van der Waals surface area contributed by atoms with Gasteiger partial charge < -0.3 is 4.57 Å². The summed E-state index contributed by atoms with van der Waals surface area (Å²) in [6, 6.07) is 0. The molecule has 0 bridgehead atoms. The molecule has 0 aliphatic heterocycles. The molecule has 2 aromatic heterocycles. The Balaban J connectivity index is 2.10. The standard InChI is InChI=1S/C16H25ClN4/c1-5-7-16(8-9-16)10-21-14(11(3)17)18-13-12(6-2)19-20(4)15(13)21/h11H,5-10H2,1-4H3. The second-order valence-corrected chi connectivity index (χ2v) is 7.17. The van der Waals surface area contributed by atoms with Gasteiger partial charge >= 0.3 is 0 Å². The van der Waals surface area contributed by atoms with Gasteiger partial charge in [-0.1, -0.05) is 20.3 Å². The molecular formula is C16H25ClN4. The van der Waals surface area contributed by atoms with Gasteiger partial charge in [-0.15, -0.1) is 11.6 Å². The molecule has 0 aromatic carbocycles. The first kappa shape index (κ1) is 14.9. The molecule has 1 aliphatic rings. The van der Waals surface area contributed by atoms with Crippen molar-refractivity contribution in [3.63, 3.8) is 0 Å². The van der Waals surface area contributed by atoms with E-state index in [0.717, 1.165) is 35.6 Å². The van der Waals surface area contributed by atoms with Gasteiger partial charge in [-0.05, 0) is 38.0 Å². The molecule has 1 fully saturated rings. The molecule has 2 heterocycles. The first-order chi connectivity index (χ1) is 10.0. The zero-order valence-electron chi connectivity index (χ0n) is 13.5. The Bertz CT molecular complexity index is 649. The first-order valence-corrected chi connectivity index (χ1v) is 8.51. The summed E-state index contributed by atoms with van der Waals surface area (Å²) in [6.45, 7) is 7.45. The summed E-state index contributed by atoms with van der Waals surface area (Å²) >= 11 is 6.40. The number of nitrogens with zero attached hydrogens (tertiary/aromatic N) is 4. The maximum absolute atomic E-state index is 6.40. The molecule has 0 saturated heterocycles. The molecule has 0 spiro atoms. The molecule has 0 N–H and O–H groups in total. The van der Waals surface area contributed by atoms with Crippen LogP contribution < -0.4 is 0 Å². The molecule has 1 unspecified atom stereocenters. The minimum atomic E-state index is -0.0699. The van der Waals surface area contributed by atoms with Gasteiger partial charge in [0.2, 0.25) is 0 Å². The van der Waals surface area contributed by atoms with Gasteiger partial charge in [0.05, 0.1) is 11.1 Å². The molecule has 2 aromatic rings. The lowest BCUT2D eigenvalue weighted by atomic mass is 10.0. The van der Waals surface area contributed by atoms with Crippen molar-refractivity contribution in [3.8, 4) is 0 Å². The Morgan fingerprint density at radius 3 is 2.57 bits per heavy atom. The fourth-order valence-corrected chi connectivity index (χ4v) is 3.65. The molecule has 0 radical (unpaired) electrons. The molecular weight excluding hydrogens is 284 g/mol. The largest absolute Gasteiger partial charge is 0.311 e. The number of hydrogen-bond donors (Lipinski definition) is 0. The summed E-state index contributed by atoms with van der Waals surface area (Å²) < 4.78 is 4.31. The van der Waals surface area contributed by atoms with Crippen molar-refractivity contribution < 1.29 is 0 Å². The van der Waals surface area contributed by atoms with Gasteiger partial charge in [0.1, 0.15) is 11.3 Å². The highest BCUT2D eigenvalue weighted by molar-refractivity contribution is 6.20. The van der Waals surface area contributed by atoms with E-state index in [1.165, 1.54) is 25.7 Å².